The van der Waals surface area contributed by atoms with Crippen molar-refractivity contribution in [2.45, 2.75) is 23.1 Å². The highest BCUT2D eigenvalue weighted by molar-refractivity contribution is 9.09. The largest absolute Gasteiger partial charge is 0.469 e. The molecule has 3 aliphatic heterocycles. The van der Waals surface area contributed by atoms with Crippen molar-refractivity contribution in [1.29, 1.82) is 0 Å². The second kappa shape index (κ2) is 2.95. The van der Waals surface area contributed by atoms with Crippen LogP contribution in [0.3, 0.4) is 0 Å². The standard InChI is InChI=1S/C9H9BrO5/c1-13-8(11)2-3-6-7(15-9(3)12)4(10)5(2)14-6/h2-7H,1H3/t2-,3+,4+,5+,6-,7-/m1/s1. The van der Waals surface area contributed by atoms with Crippen molar-refractivity contribution in [3.05, 3.63) is 0 Å². The normalized spacial score (nSPS) is 50.7. The smallest absolute Gasteiger partial charge is 0.313 e. The fraction of sp³-hybridized carbons (Fsp3) is 0.778. The van der Waals surface area contributed by atoms with Gasteiger partial charge in [-0.1, -0.05) is 15.9 Å². The van der Waals surface area contributed by atoms with Crippen molar-refractivity contribution >= 4 is 27.9 Å². The van der Waals surface area contributed by atoms with Gasteiger partial charge in [0.05, 0.1) is 18.0 Å². The van der Waals surface area contributed by atoms with E-state index in [2.05, 4.69) is 20.7 Å². The Bertz CT molecular complexity index is 343. The van der Waals surface area contributed by atoms with E-state index < -0.39 is 17.8 Å². The Balaban J connectivity index is 1.98. The van der Waals surface area contributed by atoms with Gasteiger partial charge in [0, 0.05) is 0 Å². The van der Waals surface area contributed by atoms with E-state index >= 15 is 0 Å². The van der Waals surface area contributed by atoms with Crippen molar-refractivity contribution in [3.63, 3.8) is 0 Å². The summed E-state index contributed by atoms with van der Waals surface area (Å²) in [6.07, 6.45) is -0.826. The summed E-state index contributed by atoms with van der Waals surface area (Å²) in [4.78, 5) is 23.0. The third-order valence-corrected chi connectivity index (χ3v) is 4.40. The zero-order valence-corrected chi connectivity index (χ0v) is 9.47. The van der Waals surface area contributed by atoms with Crippen LogP contribution in [0.25, 0.3) is 0 Å². The molecule has 0 spiro atoms. The van der Waals surface area contributed by atoms with Crippen LogP contribution in [0.1, 0.15) is 0 Å². The van der Waals surface area contributed by atoms with Crippen molar-refractivity contribution in [1.82, 2.24) is 0 Å². The molecule has 0 radical (unpaired) electrons. The molecule has 0 aromatic heterocycles. The summed E-state index contributed by atoms with van der Waals surface area (Å²) < 4.78 is 15.4. The van der Waals surface area contributed by atoms with Crippen molar-refractivity contribution in [2.24, 2.45) is 11.8 Å². The summed E-state index contributed by atoms with van der Waals surface area (Å²) in [6.45, 7) is 0. The number of methoxy groups -OCH3 is 1. The molecule has 0 aromatic rings. The average Bonchev–Trinajstić information content (AvgIpc) is 2.80. The van der Waals surface area contributed by atoms with Gasteiger partial charge in [-0.15, -0.1) is 0 Å². The number of hydrogen-bond donors (Lipinski definition) is 0. The van der Waals surface area contributed by atoms with Gasteiger partial charge in [-0.05, 0) is 0 Å². The molecular weight excluding hydrogens is 268 g/mol. The Kier molecular flexibility index (Phi) is 1.88. The molecule has 5 nitrogen and oxygen atoms in total. The minimum atomic E-state index is -0.518. The predicted octanol–water partition coefficient (Wildman–Crippen LogP) is -0.138. The molecule has 3 aliphatic rings. The van der Waals surface area contributed by atoms with Gasteiger partial charge in [0.25, 0.3) is 0 Å². The Morgan fingerprint density at radius 2 is 2.13 bits per heavy atom. The van der Waals surface area contributed by atoms with Crippen LogP contribution in [0.2, 0.25) is 0 Å². The molecule has 3 fully saturated rings. The summed E-state index contributed by atoms with van der Waals surface area (Å²) in [5.74, 6) is -1.73. The first-order valence-corrected chi connectivity index (χ1v) is 5.64. The maximum Gasteiger partial charge on any atom is 0.313 e. The molecule has 0 saturated carbocycles. The van der Waals surface area contributed by atoms with Crippen LogP contribution < -0.4 is 0 Å². The molecule has 0 unspecified atom stereocenters. The van der Waals surface area contributed by atoms with Gasteiger partial charge in [0.15, 0.2) is 0 Å². The Labute approximate surface area is 94.2 Å². The van der Waals surface area contributed by atoms with Crippen LogP contribution in [0.5, 0.6) is 0 Å². The minimum absolute atomic E-state index is 0.103. The number of carbonyl (C=O) groups is 2. The molecule has 0 aromatic carbocycles. The SMILES string of the molecule is COC(=O)[C@H]1[C@@H]2O[C@H]3[C@H](OC(=O)[C@H]31)[C@H]2Br. The number of esters is 2. The lowest BCUT2D eigenvalue weighted by Gasteiger charge is -2.22. The molecule has 0 N–H and O–H groups in total. The van der Waals surface area contributed by atoms with E-state index in [0.29, 0.717) is 0 Å². The van der Waals surface area contributed by atoms with Crippen LogP contribution in [0.4, 0.5) is 0 Å². The minimum Gasteiger partial charge on any atom is -0.469 e. The number of hydrogen-bond acceptors (Lipinski definition) is 5. The Hall–Kier alpha value is -0.620. The third-order valence-electron chi connectivity index (χ3n) is 3.36. The van der Waals surface area contributed by atoms with Gasteiger partial charge in [-0.2, -0.15) is 0 Å². The quantitative estimate of drug-likeness (QED) is 0.493. The van der Waals surface area contributed by atoms with Gasteiger partial charge in [0.2, 0.25) is 0 Å². The molecule has 15 heavy (non-hydrogen) atoms. The average molecular weight is 277 g/mol. The Morgan fingerprint density at radius 3 is 2.80 bits per heavy atom. The first kappa shape index (κ1) is 9.59. The molecule has 0 amide bonds. The molecular formula is C9H9BrO5. The summed E-state index contributed by atoms with van der Waals surface area (Å²) in [7, 11) is 1.31. The monoisotopic (exact) mass is 276 g/mol. The van der Waals surface area contributed by atoms with E-state index in [4.69, 9.17) is 9.47 Å². The van der Waals surface area contributed by atoms with Crippen molar-refractivity contribution in [2.75, 3.05) is 7.11 Å². The predicted molar refractivity (Wildman–Crippen MR) is 50.3 cm³/mol. The number of fused-ring (bicyclic) bond motifs is 1. The third kappa shape index (κ3) is 1.01. The van der Waals surface area contributed by atoms with Gasteiger partial charge in [-0.25, -0.2) is 0 Å². The number of ether oxygens (including phenoxy) is 3. The molecule has 82 valence electrons. The lowest BCUT2D eigenvalue weighted by atomic mass is 9.80. The molecule has 0 aliphatic carbocycles. The van der Waals surface area contributed by atoms with E-state index in [1.165, 1.54) is 7.11 Å². The molecule has 6 heteroatoms. The van der Waals surface area contributed by atoms with Gasteiger partial charge in [0.1, 0.15) is 24.0 Å². The second-order valence-corrected chi connectivity index (χ2v) is 5.04. The van der Waals surface area contributed by atoms with Crippen LogP contribution in [-0.2, 0) is 23.8 Å². The first-order chi connectivity index (χ1) is 7.15. The summed E-state index contributed by atoms with van der Waals surface area (Å²) >= 11 is 3.40. The van der Waals surface area contributed by atoms with E-state index in [1.54, 1.807) is 0 Å². The number of carbonyl (C=O) groups excluding carboxylic acids is 2. The maximum absolute atomic E-state index is 11.6. The van der Waals surface area contributed by atoms with E-state index in [-0.39, 0.29) is 29.1 Å². The summed E-state index contributed by atoms with van der Waals surface area (Å²) in [5, 5.41) is 0. The lowest BCUT2D eigenvalue weighted by molar-refractivity contribution is -0.153. The number of rotatable bonds is 1. The lowest BCUT2D eigenvalue weighted by Crippen LogP contribution is -2.43. The fourth-order valence-electron chi connectivity index (χ4n) is 2.72. The molecule has 6 atom stereocenters. The zero-order chi connectivity index (χ0) is 10.7. The molecule has 2 bridgehead atoms. The van der Waals surface area contributed by atoms with Crippen LogP contribution in [-0.4, -0.2) is 42.2 Å². The zero-order valence-electron chi connectivity index (χ0n) is 7.88. The summed E-state index contributed by atoms with van der Waals surface area (Å²) in [5.41, 5.74) is 0. The van der Waals surface area contributed by atoms with Crippen LogP contribution in [0.15, 0.2) is 0 Å². The van der Waals surface area contributed by atoms with E-state index in [0.717, 1.165) is 0 Å². The highest BCUT2D eigenvalue weighted by Gasteiger charge is 2.69. The molecule has 3 rings (SSSR count). The van der Waals surface area contributed by atoms with E-state index in [1.807, 2.05) is 0 Å². The summed E-state index contributed by atoms with van der Waals surface area (Å²) in [6, 6.07) is 0. The topological polar surface area (TPSA) is 61.8 Å². The van der Waals surface area contributed by atoms with Gasteiger partial charge in [-0.3, -0.25) is 9.59 Å². The number of alkyl halides is 1. The highest BCUT2D eigenvalue weighted by atomic mass is 79.9. The molecule has 3 heterocycles. The van der Waals surface area contributed by atoms with Crippen molar-refractivity contribution in [3.8, 4) is 0 Å². The molecule has 3 saturated heterocycles. The van der Waals surface area contributed by atoms with Gasteiger partial charge < -0.3 is 14.2 Å². The number of halogens is 1. The van der Waals surface area contributed by atoms with Crippen LogP contribution >= 0.6 is 15.9 Å². The highest BCUT2D eigenvalue weighted by Crippen LogP contribution is 2.52. The van der Waals surface area contributed by atoms with E-state index in [9.17, 15) is 9.59 Å². The fourth-order valence-corrected chi connectivity index (χ4v) is 3.59. The Morgan fingerprint density at radius 1 is 1.40 bits per heavy atom. The maximum atomic E-state index is 11.6. The van der Waals surface area contributed by atoms with Gasteiger partial charge >= 0.3 is 11.9 Å². The van der Waals surface area contributed by atoms with Crippen LogP contribution in [0, 0.1) is 11.8 Å². The first-order valence-electron chi connectivity index (χ1n) is 4.73. The van der Waals surface area contributed by atoms with Crippen molar-refractivity contribution < 1.29 is 23.8 Å². The second-order valence-electron chi connectivity index (χ2n) is 3.99.